The van der Waals surface area contributed by atoms with Gasteiger partial charge in [0, 0.05) is 32.7 Å². The van der Waals surface area contributed by atoms with Crippen LogP contribution in [0.5, 0.6) is 0 Å². The lowest BCUT2D eigenvalue weighted by Gasteiger charge is -2.28. The Labute approximate surface area is 139 Å². The molecule has 3 nitrogen and oxygen atoms in total. The Morgan fingerprint density at radius 2 is 2.14 bits per heavy atom. The van der Waals surface area contributed by atoms with E-state index in [-0.39, 0.29) is 11.3 Å². The van der Waals surface area contributed by atoms with Crippen molar-refractivity contribution >= 4 is 28.6 Å². The zero-order valence-electron chi connectivity index (χ0n) is 12.7. The van der Waals surface area contributed by atoms with Crippen molar-refractivity contribution < 1.29 is 9.90 Å². The molecule has 0 aliphatic heterocycles. The molecule has 1 fully saturated rings. The molecule has 22 heavy (non-hydrogen) atoms. The monoisotopic (exact) mass is 335 g/mol. The zero-order chi connectivity index (χ0) is 15.6. The van der Waals surface area contributed by atoms with E-state index in [1.165, 1.54) is 17.7 Å². The molecule has 0 radical (unpaired) electrons. The number of thiophene rings is 2. The van der Waals surface area contributed by atoms with Crippen LogP contribution in [0.25, 0.3) is 0 Å². The maximum atomic E-state index is 12.2. The molecule has 3 rings (SSSR count). The van der Waals surface area contributed by atoms with Crippen LogP contribution in [0, 0.1) is 0 Å². The summed E-state index contributed by atoms with van der Waals surface area (Å²) in [6, 6.07) is 6.01. The first-order chi connectivity index (χ1) is 10.6. The van der Waals surface area contributed by atoms with E-state index in [0.717, 1.165) is 23.3 Å². The number of amides is 1. The van der Waals surface area contributed by atoms with Gasteiger partial charge in [-0.2, -0.15) is 11.3 Å². The lowest BCUT2D eigenvalue weighted by molar-refractivity contribution is 0.0944. The molecule has 1 aliphatic rings. The lowest BCUT2D eigenvalue weighted by atomic mass is 9.84. The minimum Gasteiger partial charge on any atom is -0.388 e. The molecular weight excluding hydrogens is 314 g/mol. The van der Waals surface area contributed by atoms with Gasteiger partial charge in [0.15, 0.2) is 0 Å². The maximum Gasteiger partial charge on any atom is 0.252 e. The highest BCUT2D eigenvalue weighted by Gasteiger charge is 2.37. The van der Waals surface area contributed by atoms with E-state index in [9.17, 15) is 9.90 Å². The van der Waals surface area contributed by atoms with Crippen LogP contribution in [0.2, 0.25) is 0 Å². The largest absolute Gasteiger partial charge is 0.388 e. The topological polar surface area (TPSA) is 49.3 Å². The average molecular weight is 335 g/mol. The first-order valence-electron chi connectivity index (χ1n) is 7.69. The second-order valence-electron chi connectivity index (χ2n) is 6.06. The van der Waals surface area contributed by atoms with Gasteiger partial charge in [-0.25, -0.2) is 0 Å². The van der Waals surface area contributed by atoms with Gasteiger partial charge in [-0.1, -0.05) is 12.8 Å². The molecule has 0 unspecified atom stereocenters. The normalized spacial score (nSPS) is 18.3. The molecule has 0 bridgehead atoms. The lowest BCUT2D eigenvalue weighted by Crippen LogP contribution is -2.38. The third-order valence-corrected chi connectivity index (χ3v) is 6.68. The molecule has 2 N–H and O–H groups in total. The summed E-state index contributed by atoms with van der Waals surface area (Å²) < 4.78 is 0. The van der Waals surface area contributed by atoms with Crippen molar-refractivity contribution in [1.29, 1.82) is 0 Å². The van der Waals surface area contributed by atoms with E-state index in [1.54, 1.807) is 29.6 Å². The number of rotatable bonds is 5. The predicted octanol–water partition coefficient (Wildman–Crippen LogP) is 4.10. The molecule has 2 aromatic heterocycles. The van der Waals surface area contributed by atoms with Crippen LogP contribution in [0.15, 0.2) is 29.0 Å². The number of carbonyl (C=O) groups is 1. The van der Waals surface area contributed by atoms with Crippen LogP contribution < -0.4 is 5.32 Å². The van der Waals surface area contributed by atoms with E-state index in [0.29, 0.717) is 6.54 Å². The maximum absolute atomic E-state index is 12.2. The van der Waals surface area contributed by atoms with E-state index < -0.39 is 6.10 Å². The van der Waals surface area contributed by atoms with Gasteiger partial charge in [0.05, 0.1) is 6.10 Å². The SMILES string of the molecule is C[C@H](O)c1ccc(C2(CNC(=O)c3ccsc3)CCCC2)s1. The van der Waals surface area contributed by atoms with Gasteiger partial charge in [0.2, 0.25) is 0 Å². The Balaban J connectivity index is 1.75. The summed E-state index contributed by atoms with van der Waals surface area (Å²) in [6.45, 7) is 2.48. The fourth-order valence-corrected chi connectivity index (χ4v) is 5.00. The molecule has 2 aromatic rings. The number of nitrogens with one attached hydrogen (secondary N) is 1. The second-order valence-corrected chi connectivity index (χ2v) is 7.96. The number of carbonyl (C=O) groups excluding carboxylic acids is 1. The summed E-state index contributed by atoms with van der Waals surface area (Å²) in [4.78, 5) is 14.5. The van der Waals surface area contributed by atoms with E-state index in [2.05, 4.69) is 11.4 Å². The number of aliphatic hydroxyl groups excluding tert-OH is 1. The van der Waals surface area contributed by atoms with E-state index >= 15 is 0 Å². The minimum atomic E-state index is -0.419. The second kappa shape index (κ2) is 6.52. The Bertz CT molecular complexity index is 625. The standard InChI is InChI=1S/C17H21NO2S2/c1-12(19)14-4-5-15(22-14)17(7-2-3-8-17)11-18-16(20)13-6-9-21-10-13/h4-6,9-10,12,19H,2-3,7-8,11H2,1H3,(H,18,20)/t12-/m0/s1. The summed E-state index contributed by atoms with van der Waals surface area (Å²) >= 11 is 3.23. The third-order valence-electron chi connectivity index (χ3n) is 4.49. The summed E-state index contributed by atoms with van der Waals surface area (Å²) in [5.74, 6) is 0.0137. The summed E-state index contributed by atoms with van der Waals surface area (Å²) in [7, 11) is 0. The van der Waals surface area contributed by atoms with E-state index in [1.807, 2.05) is 22.9 Å². The Morgan fingerprint density at radius 3 is 2.73 bits per heavy atom. The molecule has 0 spiro atoms. The quantitative estimate of drug-likeness (QED) is 0.864. The summed E-state index contributed by atoms with van der Waals surface area (Å²) in [5, 5.41) is 16.7. The molecule has 0 aromatic carbocycles. The Kier molecular flexibility index (Phi) is 4.66. The van der Waals surface area contributed by atoms with Crippen molar-refractivity contribution in [1.82, 2.24) is 5.32 Å². The molecule has 2 heterocycles. The third kappa shape index (κ3) is 3.12. The van der Waals surface area contributed by atoms with Gasteiger partial charge in [0.25, 0.3) is 5.91 Å². The summed E-state index contributed by atoms with van der Waals surface area (Å²) in [5.41, 5.74) is 0.790. The van der Waals surface area contributed by atoms with Crippen molar-refractivity contribution in [3.63, 3.8) is 0 Å². The van der Waals surface area contributed by atoms with Crippen molar-refractivity contribution in [3.8, 4) is 0 Å². The molecule has 1 atom stereocenters. The van der Waals surface area contributed by atoms with Gasteiger partial charge < -0.3 is 10.4 Å². The fraction of sp³-hybridized carbons (Fsp3) is 0.471. The minimum absolute atomic E-state index is 0.0137. The number of aliphatic hydroxyl groups is 1. The highest BCUT2D eigenvalue weighted by molar-refractivity contribution is 7.12. The average Bonchev–Trinajstić information content (AvgIpc) is 3.24. The molecular formula is C17H21NO2S2. The first-order valence-corrected chi connectivity index (χ1v) is 9.45. The van der Waals surface area contributed by atoms with Crippen molar-refractivity contribution in [2.24, 2.45) is 0 Å². The van der Waals surface area contributed by atoms with Gasteiger partial charge in [-0.3, -0.25) is 4.79 Å². The molecule has 1 aliphatic carbocycles. The van der Waals surface area contributed by atoms with Crippen molar-refractivity contribution in [2.75, 3.05) is 6.54 Å². The van der Waals surface area contributed by atoms with Crippen LogP contribution in [-0.2, 0) is 5.41 Å². The van der Waals surface area contributed by atoms with Crippen LogP contribution in [-0.4, -0.2) is 17.6 Å². The number of hydrogen-bond acceptors (Lipinski definition) is 4. The number of hydrogen-bond donors (Lipinski definition) is 2. The smallest absolute Gasteiger partial charge is 0.252 e. The van der Waals surface area contributed by atoms with Crippen LogP contribution >= 0.6 is 22.7 Å². The van der Waals surface area contributed by atoms with Gasteiger partial charge in [0.1, 0.15) is 0 Å². The highest BCUT2D eigenvalue weighted by Crippen LogP contribution is 2.44. The summed E-state index contributed by atoms with van der Waals surface area (Å²) in [6.07, 6.45) is 4.21. The highest BCUT2D eigenvalue weighted by atomic mass is 32.1. The van der Waals surface area contributed by atoms with Gasteiger partial charge in [-0.15, -0.1) is 11.3 Å². The molecule has 0 saturated heterocycles. The van der Waals surface area contributed by atoms with Crippen LogP contribution in [0.1, 0.15) is 58.8 Å². The van der Waals surface area contributed by atoms with Crippen LogP contribution in [0.3, 0.4) is 0 Å². The van der Waals surface area contributed by atoms with Gasteiger partial charge >= 0.3 is 0 Å². The molecule has 118 valence electrons. The first kappa shape index (κ1) is 15.7. The Hall–Kier alpha value is -1.17. The molecule has 1 saturated carbocycles. The van der Waals surface area contributed by atoms with Gasteiger partial charge in [-0.05, 0) is 43.3 Å². The van der Waals surface area contributed by atoms with Crippen molar-refractivity contribution in [3.05, 3.63) is 44.3 Å². The zero-order valence-corrected chi connectivity index (χ0v) is 14.3. The van der Waals surface area contributed by atoms with E-state index in [4.69, 9.17) is 0 Å². The molecule has 5 heteroatoms. The van der Waals surface area contributed by atoms with Crippen molar-refractivity contribution in [2.45, 2.75) is 44.1 Å². The molecule has 1 amide bonds. The fourth-order valence-electron chi connectivity index (χ4n) is 3.17. The van der Waals surface area contributed by atoms with Crippen LogP contribution in [0.4, 0.5) is 0 Å². The predicted molar refractivity (Wildman–Crippen MR) is 91.8 cm³/mol. The Morgan fingerprint density at radius 1 is 1.36 bits per heavy atom.